The molecule has 5 unspecified atom stereocenters. The van der Waals surface area contributed by atoms with Gasteiger partial charge in [-0.15, -0.1) is 0 Å². The lowest BCUT2D eigenvalue weighted by Crippen LogP contribution is -2.30. The molecule has 0 heterocycles. The third-order valence-electron chi connectivity index (χ3n) is 16.7. The average molecular weight is 1480 g/mol. The Hall–Kier alpha value is -4.28. The van der Waals surface area contributed by atoms with Crippen LogP contribution in [0, 0.1) is 0 Å². The number of unbranched alkanes of at least 4 members (excludes halogenated alkanes) is 31. The highest BCUT2D eigenvalue weighted by molar-refractivity contribution is 7.47. The highest BCUT2D eigenvalue weighted by Crippen LogP contribution is 2.45. The van der Waals surface area contributed by atoms with Crippen molar-refractivity contribution in [3.05, 3.63) is 109 Å². The van der Waals surface area contributed by atoms with Gasteiger partial charge < -0.3 is 33.8 Å². The van der Waals surface area contributed by atoms with E-state index >= 15 is 0 Å². The van der Waals surface area contributed by atoms with E-state index in [0.717, 1.165) is 180 Å². The van der Waals surface area contributed by atoms with Crippen molar-refractivity contribution in [3.8, 4) is 0 Å². The minimum atomic E-state index is -4.99. The summed E-state index contributed by atoms with van der Waals surface area (Å²) in [4.78, 5) is 73.0. The first-order chi connectivity index (χ1) is 49.7. The van der Waals surface area contributed by atoms with Crippen LogP contribution in [0.4, 0.5) is 0 Å². The van der Waals surface area contributed by atoms with E-state index in [4.69, 9.17) is 37.0 Å². The van der Waals surface area contributed by atoms with E-state index in [9.17, 15) is 43.2 Å². The van der Waals surface area contributed by atoms with Crippen molar-refractivity contribution in [2.45, 2.75) is 354 Å². The maximum absolute atomic E-state index is 13.1. The first-order valence-electron chi connectivity index (χ1n) is 40.1. The molecule has 0 radical (unpaired) electrons. The Morgan fingerprint density at radius 3 is 0.814 bits per heavy atom. The fraction of sp³-hybridized carbons (Fsp3) is 0.735. The Kier molecular flexibility index (Phi) is 71.8. The van der Waals surface area contributed by atoms with Crippen LogP contribution in [-0.4, -0.2) is 96.7 Å². The first-order valence-corrected chi connectivity index (χ1v) is 43.1. The maximum atomic E-state index is 13.1. The fourth-order valence-electron chi connectivity index (χ4n) is 10.6. The molecule has 0 aliphatic rings. The number of allylic oxidation sites excluding steroid dienone is 18. The average Bonchev–Trinajstić information content (AvgIpc) is 0.926. The Labute approximate surface area is 619 Å². The number of carbonyl (C=O) groups excluding carboxylic acids is 4. The van der Waals surface area contributed by atoms with Crippen LogP contribution in [-0.2, 0) is 65.4 Å². The molecule has 0 bridgehead atoms. The smallest absolute Gasteiger partial charge is 0.462 e. The lowest BCUT2D eigenvalue weighted by atomic mass is 10.1. The molecule has 0 amide bonds. The van der Waals surface area contributed by atoms with Gasteiger partial charge in [-0.25, -0.2) is 9.13 Å². The molecular weight excluding hydrogens is 1330 g/mol. The van der Waals surface area contributed by atoms with Crippen LogP contribution < -0.4 is 0 Å². The maximum Gasteiger partial charge on any atom is 0.472 e. The van der Waals surface area contributed by atoms with Gasteiger partial charge in [-0.05, 0) is 148 Å². The van der Waals surface area contributed by atoms with Gasteiger partial charge in [0.1, 0.15) is 19.3 Å². The van der Waals surface area contributed by atoms with Gasteiger partial charge in [-0.3, -0.25) is 37.3 Å². The topological polar surface area (TPSA) is 237 Å². The Balaban J connectivity index is 5.40. The van der Waals surface area contributed by atoms with Crippen LogP contribution in [0.3, 0.4) is 0 Å². The van der Waals surface area contributed by atoms with E-state index in [0.29, 0.717) is 25.7 Å². The van der Waals surface area contributed by atoms with E-state index in [1.165, 1.54) is 77.0 Å². The number of ether oxygens (including phenoxy) is 4. The molecule has 0 aromatic heterocycles. The van der Waals surface area contributed by atoms with Crippen molar-refractivity contribution in [2.75, 3.05) is 39.6 Å². The SMILES string of the molecule is CC/C=C\C/C=C\C/C=C\C/C=C\CCCCC(=O)OCC(COP(=O)(O)OCC(O)COP(=O)(O)OCC(COC(=O)CCCCCCCCC/C=C\C/C=C\C/C=C\CC)OC(=O)CCCCCCC/C=C\CCCCCCCC)OC(=O)CCCCCCC/C=C\CCCCCCCC. The number of esters is 4. The lowest BCUT2D eigenvalue weighted by Gasteiger charge is -2.21. The summed E-state index contributed by atoms with van der Waals surface area (Å²) >= 11 is 0. The number of hydrogen-bond acceptors (Lipinski definition) is 15. The summed E-state index contributed by atoms with van der Waals surface area (Å²) in [5, 5.41) is 10.6. The summed E-state index contributed by atoms with van der Waals surface area (Å²) in [5.41, 5.74) is 0. The molecule has 0 aliphatic heterocycles. The van der Waals surface area contributed by atoms with Crippen molar-refractivity contribution in [3.63, 3.8) is 0 Å². The van der Waals surface area contributed by atoms with Crippen molar-refractivity contribution in [2.24, 2.45) is 0 Å². The Bertz CT molecular complexity index is 2360. The fourth-order valence-corrected chi connectivity index (χ4v) is 12.2. The van der Waals surface area contributed by atoms with Gasteiger partial charge in [0.2, 0.25) is 0 Å². The van der Waals surface area contributed by atoms with Gasteiger partial charge in [0.25, 0.3) is 0 Å². The van der Waals surface area contributed by atoms with E-state index in [1.54, 1.807) is 0 Å². The molecule has 102 heavy (non-hydrogen) atoms. The number of phosphoric ester groups is 2. The molecule has 0 rings (SSSR count). The summed E-state index contributed by atoms with van der Waals surface area (Å²) in [7, 11) is -9.97. The van der Waals surface area contributed by atoms with Crippen molar-refractivity contribution < 1.29 is 80.2 Å². The van der Waals surface area contributed by atoms with E-state index in [-0.39, 0.29) is 25.7 Å². The Morgan fingerprint density at radius 1 is 0.284 bits per heavy atom. The van der Waals surface area contributed by atoms with Crippen LogP contribution in [0.15, 0.2) is 109 Å². The molecule has 3 N–H and O–H groups in total. The molecule has 0 fully saturated rings. The van der Waals surface area contributed by atoms with Crippen LogP contribution >= 0.6 is 15.6 Å². The second kappa shape index (κ2) is 75.0. The van der Waals surface area contributed by atoms with Crippen molar-refractivity contribution in [1.29, 1.82) is 0 Å². The molecule has 0 saturated heterocycles. The molecule has 0 spiro atoms. The van der Waals surface area contributed by atoms with Crippen LogP contribution in [0.5, 0.6) is 0 Å². The van der Waals surface area contributed by atoms with Gasteiger partial charge in [-0.2, -0.15) is 0 Å². The molecule has 588 valence electrons. The molecule has 0 aromatic carbocycles. The number of rotatable bonds is 75. The van der Waals surface area contributed by atoms with Gasteiger partial charge in [0, 0.05) is 25.7 Å². The molecular formula is C83H144O17P2. The standard InChI is InChI=1S/C83H144O17P2/c1-5-9-13-17-21-25-29-33-37-38-42-44-48-52-56-60-64-68-81(86)94-74-79(100-83(88)70-66-62-58-54-50-46-41-36-32-28-24-20-16-12-8-4)76-98-102(91,92)96-72-77(84)71-95-101(89,90)97-75-78(99-82(87)69-65-61-57-53-49-45-40-35-31-27-23-19-15-11-7-3)73-93-80(85)67-63-59-55-51-47-43-39-34-30-26-22-18-14-10-6-2/h9-10,13-14,21-22,25-26,33-37,39-41,47,51,77-79,84H,5-8,11-12,15-20,23-24,27-32,38,42-46,48-50,52-76H2,1-4H3,(H,89,90)(H,91,92)/b13-9-,14-10-,25-21-,26-22-,37-33-,39-34-,40-35-,41-36-,51-47-. The van der Waals surface area contributed by atoms with E-state index in [1.807, 2.05) is 0 Å². The monoisotopic (exact) mass is 1470 g/mol. The quantitative estimate of drug-likeness (QED) is 0.0169. The number of aliphatic hydroxyl groups excluding tert-OH is 1. The van der Waals surface area contributed by atoms with Crippen LogP contribution in [0.1, 0.15) is 336 Å². The third kappa shape index (κ3) is 74.0. The molecule has 0 aromatic rings. The summed E-state index contributed by atoms with van der Waals surface area (Å²) in [6.45, 7) is 4.60. The first kappa shape index (κ1) is 97.7. The largest absolute Gasteiger partial charge is 0.472 e. The normalized spacial score (nSPS) is 14.5. The zero-order valence-corrected chi connectivity index (χ0v) is 66.0. The highest BCUT2D eigenvalue weighted by Gasteiger charge is 2.30. The van der Waals surface area contributed by atoms with Gasteiger partial charge >= 0.3 is 39.5 Å². The van der Waals surface area contributed by atoms with Crippen molar-refractivity contribution >= 4 is 39.5 Å². The number of aliphatic hydroxyl groups is 1. The predicted molar refractivity (Wildman–Crippen MR) is 418 cm³/mol. The summed E-state index contributed by atoms with van der Waals surface area (Å²) < 4.78 is 68.6. The van der Waals surface area contributed by atoms with Crippen LogP contribution in [0.25, 0.3) is 0 Å². The second-order valence-corrected chi connectivity index (χ2v) is 29.5. The summed E-state index contributed by atoms with van der Waals surface area (Å²) in [6.07, 6.45) is 80.7. The van der Waals surface area contributed by atoms with Crippen molar-refractivity contribution in [1.82, 2.24) is 0 Å². The van der Waals surface area contributed by atoms with Crippen LogP contribution in [0.2, 0.25) is 0 Å². The van der Waals surface area contributed by atoms with E-state index in [2.05, 4.69) is 137 Å². The minimum absolute atomic E-state index is 0.0754. The minimum Gasteiger partial charge on any atom is -0.462 e. The predicted octanol–water partition coefficient (Wildman–Crippen LogP) is 23.3. The van der Waals surface area contributed by atoms with Gasteiger partial charge in [-0.1, -0.05) is 272 Å². The lowest BCUT2D eigenvalue weighted by molar-refractivity contribution is -0.161. The van der Waals surface area contributed by atoms with E-state index < -0.39 is 97.5 Å². The Morgan fingerprint density at radius 2 is 0.510 bits per heavy atom. The molecule has 5 atom stereocenters. The van der Waals surface area contributed by atoms with Gasteiger partial charge in [0.15, 0.2) is 12.2 Å². The zero-order valence-electron chi connectivity index (χ0n) is 64.3. The van der Waals surface area contributed by atoms with Gasteiger partial charge in [0.05, 0.1) is 26.4 Å². The molecule has 17 nitrogen and oxygen atoms in total. The zero-order chi connectivity index (χ0) is 74.6. The molecule has 0 aliphatic carbocycles. The summed E-state index contributed by atoms with van der Waals surface area (Å²) in [6, 6.07) is 0. The third-order valence-corrected chi connectivity index (χ3v) is 18.6. The number of phosphoric acid groups is 2. The highest BCUT2D eigenvalue weighted by atomic mass is 31.2. The molecule has 19 heteroatoms. The number of carbonyl (C=O) groups is 4. The number of hydrogen-bond donors (Lipinski definition) is 3. The second-order valence-electron chi connectivity index (χ2n) is 26.6. The molecule has 0 saturated carbocycles. The summed E-state index contributed by atoms with van der Waals surface area (Å²) in [5.74, 6) is -2.24.